The predicted molar refractivity (Wildman–Crippen MR) is 125 cm³/mol. The fraction of sp³-hybridized carbons (Fsp3) is 0.542. The molecule has 4 rings (SSSR count). The molecule has 2 fully saturated rings. The van der Waals surface area contributed by atoms with Gasteiger partial charge in [0.05, 0.1) is 33.8 Å². The molecule has 32 heavy (non-hydrogen) atoms. The summed E-state index contributed by atoms with van der Waals surface area (Å²) in [4.78, 5) is 33.2. The normalized spacial score (nSPS) is 23.1. The zero-order valence-electron chi connectivity index (χ0n) is 19.1. The van der Waals surface area contributed by atoms with Crippen LogP contribution in [0, 0.1) is 12.3 Å². The number of hydrogen-bond acceptors (Lipinski definition) is 6. The Labute approximate surface area is 193 Å². The number of nitrogens with two attached hydrogens (primary N) is 1. The van der Waals surface area contributed by atoms with Gasteiger partial charge in [-0.1, -0.05) is 45.0 Å². The number of aliphatic hydroxyl groups excluding tert-OH is 1. The average Bonchev–Trinajstić information content (AvgIpc) is 3.21. The fourth-order valence-electron chi connectivity index (χ4n) is 4.30. The van der Waals surface area contributed by atoms with Crippen molar-refractivity contribution in [1.82, 2.24) is 15.2 Å². The van der Waals surface area contributed by atoms with Crippen LogP contribution < -0.4 is 11.1 Å². The first-order valence-corrected chi connectivity index (χ1v) is 12.0. The van der Waals surface area contributed by atoms with Crippen molar-refractivity contribution in [2.75, 3.05) is 6.54 Å². The second-order valence-corrected chi connectivity index (χ2v) is 11.0. The smallest absolute Gasteiger partial charge is 0.243 e. The molecule has 0 radical (unpaired) electrons. The highest BCUT2D eigenvalue weighted by molar-refractivity contribution is 7.13. The van der Waals surface area contributed by atoms with Crippen molar-refractivity contribution in [2.24, 2.45) is 11.1 Å². The van der Waals surface area contributed by atoms with E-state index < -0.39 is 29.1 Å². The van der Waals surface area contributed by atoms with Crippen LogP contribution in [0.15, 0.2) is 29.8 Å². The molecule has 7 nitrogen and oxygen atoms in total. The van der Waals surface area contributed by atoms with E-state index >= 15 is 0 Å². The van der Waals surface area contributed by atoms with E-state index in [0.717, 1.165) is 34.5 Å². The van der Waals surface area contributed by atoms with E-state index in [9.17, 15) is 14.7 Å². The van der Waals surface area contributed by atoms with Gasteiger partial charge >= 0.3 is 0 Å². The van der Waals surface area contributed by atoms with E-state index in [1.54, 1.807) is 11.3 Å². The van der Waals surface area contributed by atoms with Crippen LogP contribution in [-0.4, -0.2) is 51.5 Å². The molecule has 0 unspecified atom stereocenters. The van der Waals surface area contributed by atoms with Crippen molar-refractivity contribution in [2.45, 2.75) is 70.7 Å². The summed E-state index contributed by atoms with van der Waals surface area (Å²) >= 11 is 1.61. The molecule has 2 aromatic rings. The summed E-state index contributed by atoms with van der Waals surface area (Å²) in [5.74, 6) is -0.515. The Balaban J connectivity index is 1.49. The minimum Gasteiger partial charge on any atom is -0.391 e. The molecule has 1 aromatic heterocycles. The zero-order valence-corrected chi connectivity index (χ0v) is 19.9. The van der Waals surface area contributed by atoms with Crippen LogP contribution in [0.5, 0.6) is 0 Å². The van der Waals surface area contributed by atoms with Crippen molar-refractivity contribution in [1.29, 1.82) is 0 Å². The number of carbonyl (C=O) groups excluding carboxylic acids is 2. The molecule has 2 aliphatic rings. The Bertz CT molecular complexity index is 1010. The van der Waals surface area contributed by atoms with Gasteiger partial charge in [0.2, 0.25) is 11.8 Å². The number of likely N-dealkylation sites (tertiary alicyclic amines) is 1. The SMILES string of the molecule is Cc1ncsc1-c1ccc(C2(NC(=O)[C@@H]3C[C@@H](O)CN3C(=O)[C@@H](N)C(C)(C)C)CC2)cc1. The van der Waals surface area contributed by atoms with Crippen molar-refractivity contribution in [3.8, 4) is 10.4 Å². The van der Waals surface area contributed by atoms with Gasteiger partial charge in [-0.3, -0.25) is 9.59 Å². The molecular formula is C24H32N4O3S. The van der Waals surface area contributed by atoms with Crippen molar-refractivity contribution < 1.29 is 14.7 Å². The molecule has 4 N–H and O–H groups in total. The first-order valence-electron chi connectivity index (χ1n) is 11.1. The monoisotopic (exact) mass is 456 g/mol. The number of rotatable bonds is 5. The lowest BCUT2D eigenvalue weighted by Crippen LogP contribution is -2.55. The van der Waals surface area contributed by atoms with E-state index in [0.29, 0.717) is 0 Å². The highest BCUT2D eigenvalue weighted by Gasteiger charge is 2.49. The van der Waals surface area contributed by atoms with Crippen LogP contribution >= 0.6 is 11.3 Å². The lowest BCUT2D eigenvalue weighted by atomic mass is 9.86. The molecule has 2 amide bonds. The minimum absolute atomic E-state index is 0.136. The second kappa shape index (κ2) is 8.24. The van der Waals surface area contributed by atoms with Gasteiger partial charge in [-0.15, -0.1) is 11.3 Å². The number of carbonyl (C=O) groups is 2. The molecule has 3 atom stereocenters. The first-order chi connectivity index (χ1) is 15.0. The largest absolute Gasteiger partial charge is 0.391 e. The van der Waals surface area contributed by atoms with E-state index in [1.165, 1.54) is 4.90 Å². The first kappa shape index (κ1) is 22.9. The van der Waals surface area contributed by atoms with E-state index in [1.807, 2.05) is 33.2 Å². The molecule has 8 heteroatoms. The third kappa shape index (κ3) is 4.31. The molecule has 1 aliphatic carbocycles. The lowest BCUT2D eigenvalue weighted by molar-refractivity contribution is -0.141. The number of nitrogens with zero attached hydrogens (tertiary/aromatic N) is 2. The number of aliphatic hydroxyl groups is 1. The van der Waals surface area contributed by atoms with Gasteiger partial charge in [-0.25, -0.2) is 4.98 Å². The third-order valence-electron chi connectivity index (χ3n) is 6.62. The number of thiazole rings is 1. The summed E-state index contributed by atoms with van der Waals surface area (Å²) in [5, 5.41) is 13.4. The number of amides is 2. The maximum absolute atomic E-state index is 13.2. The van der Waals surface area contributed by atoms with Gasteiger partial charge in [-0.05, 0) is 36.3 Å². The Morgan fingerprint density at radius 2 is 1.94 bits per heavy atom. The van der Waals surface area contributed by atoms with Gasteiger partial charge in [0.25, 0.3) is 0 Å². The van der Waals surface area contributed by atoms with Crippen LogP contribution in [0.25, 0.3) is 10.4 Å². The maximum Gasteiger partial charge on any atom is 0.243 e. The van der Waals surface area contributed by atoms with Gasteiger partial charge < -0.3 is 21.1 Å². The molecule has 172 valence electrons. The molecule has 0 bridgehead atoms. The lowest BCUT2D eigenvalue weighted by Gasteiger charge is -2.33. The quantitative estimate of drug-likeness (QED) is 0.641. The fourth-order valence-corrected chi connectivity index (χ4v) is 5.12. The summed E-state index contributed by atoms with van der Waals surface area (Å²) in [5.41, 5.74) is 10.4. The Hall–Kier alpha value is -2.29. The summed E-state index contributed by atoms with van der Waals surface area (Å²) in [6, 6.07) is 6.82. The molecule has 1 aromatic carbocycles. The molecule has 0 spiro atoms. The number of hydrogen-bond donors (Lipinski definition) is 3. The zero-order chi connectivity index (χ0) is 23.3. The van der Waals surface area contributed by atoms with Crippen LogP contribution in [0.1, 0.15) is 51.3 Å². The van der Waals surface area contributed by atoms with E-state index in [2.05, 4.69) is 34.6 Å². The summed E-state index contributed by atoms with van der Waals surface area (Å²) in [6.07, 6.45) is 1.21. The summed E-state index contributed by atoms with van der Waals surface area (Å²) < 4.78 is 0. The summed E-state index contributed by atoms with van der Waals surface area (Å²) in [7, 11) is 0. The van der Waals surface area contributed by atoms with E-state index in [-0.39, 0.29) is 24.8 Å². The second-order valence-electron chi connectivity index (χ2n) is 10.2. The summed E-state index contributed by atoms with van der Waals surface area (Å²) in [6.45, 7) is 7.82. The predicted octanol–water partition coefficient (Wildman–Crippen LogP) is 2.56. The third-order valence-corrected chi connectivity index (χ3v) is 7.60. The topological polar surface area (TPSA) is 109 Å². The minimum atomic E-state index is -0.735. The van der Waals surface area contributed by atoms with Gasteiger partial charge in [0, 0.05) is 13.0 Å². The Morgan fingerprint density at radius 1 is 1.28 bits per heavy atom. The van der Waals surface area contributed by atoms with Gasteiger partial charge in [0.15, 0.2) is 0 Å². The number of aryl methyl sites for hydroxylation is 1. The number of nitrogens with one attached hydrogen (secondary N) is 1. The standard InChI is InChI=1S/C24H32N4O3S/c1-14-19(32-13-26-14)15-5-7-16(8-6-15)24(9-10-24)27-21(30)18-11-17(29)12-28(18)22(31)20(25)23(2,3)4/h5-8,13,17-18,20,29H,9-12,25H2,1-4H3,(H,27,30)/t17-,18+,20-/m1/s1. The van der Waals surface area contributed by atoms with Crippen LogP contribution in [-0.2, 0) is 15.1 Å². The number of benzene rings is 1. The Kier molecular flexibility index (Phi) is 5.90. The van der Waals surface area contributed by atoms with Crippen LogP contribution in [0.3, 0.4) is 0 Å². The highest BCUT2D eigenvalue weighted by atomic mass is 32.1. The molecule has 2 heterocycles. The highest BCUT2D eigenvalue weighted by Crippen LogP contribution is 2.46. The van der Waals surface area contributed by atoms with Crippen molar-refractivity contribution >= 4 is 23.2 Å². The van der Waals surface area contributed by atoms with Gasteiger partial charge in [-0.2, -0.15) is 0 Å². The molecule has 1 saturated heterocycles. The average molecular weight is 457 g/mol. The van der Waals surface area contributed by atoms with E-state index in [4.69, 9.17) is 5.73 Å². The van der Waals surface area contributed by atoms with Crippen molar-refractivity contribution in [3.05, 3.63) is 41.0 Å². The maximum atomic E-state index is 13.2. The number of aromatic nitrogens is 1. The number of β-amino-alcohol motifs (C(OH)–C–C–N with tert-alkyl or cyclic N) is 1. The van der Waals surface area contributed by atoms with Crippen LogP contribution in [0.2, 0.25) is 0 Å². The molecule has 1 saturated carbocycles. The Morgan fingerprint density at radius 3 is 2.47 bits per heavy atom. The van der Waals surface area contributed by atoms with Crippen LogP contribution in [0.4, 0.5) is 0 Å². The van der Waals surface area contributed by atoms with Gasteiger partial charge in [0.1, 0.15) is 6.04 Å². The molecule has 1 aliphatic heterocycles. The van der Waals surface area contributed by atoms with Crippen molar-refractivity contribution in [3.63, 3.8) is 0 Å². The molecular weight excluding hydrogens is 424 g/mol.